The molecule has 0 saturated heterocycles. The van der Waals surface area contributed by atoms with Gasteiger partial charge in [0.05, 0.1) is 22.2 Å². The summed E-state index contributed by atoms with van der Waals surface area (Å²) in [6.07, 6.45) is 14.2. The van der Waals surface area contributed by atoms with E-state index in [1.165, 1.54) is 70.6 Å². The zero-order chi connectivity index (χ0) is 55.0. The van der Waals surface area contributed by atoms with Gasteiger partial charge in [-0.3, -0.25) is 0 Å². The molecule has 0 atom stereocenters. The highest BCUT2D eigenvalue weighted by atomic mass is 33.2. The summed E-state index contributed by atoms with van der Waals surface area (Å²) in [6.45, 7) is 13.8. The number of anilines is 6. The highest BCUT2D eigenvalue weighted by Crippen LogP contribution is 2.68. The molecule has 6 heteroatoms. The Labute approximate surface area is 474 Å². The van der Waals surface area contributed by atoms with Crippen molar-refractivity contribution in [2.24, 2.45) is 0 Å². The summed E-state index contributed by atoms with van der Waals surface area (Å²) in [6, 6.07) is 78.7. The molecule has 0 N–H and O–H groups in total. The van der Waals surface area contributed by atoms with Crippen molar-refractivity contribution in [2.45, 2.75) is 67.6 Å². The van der Waals surface area contributed by atoms with E-state index in [2.05, 4.69) is 295 Å². The van der Waals surface area contributed by atoms with Gasteiger partial charge in [0.25, 0.3) is 0 Å². The van der Waals surface area contributed by atoms with Crippen LogP contribution in [0.2, 0.25) is 0 Å². The third-order valence-corrected chi connectivity index (χ3v) is 21.1. The quantitative estimate of drug-likeness (QED) is 0.134. The van der Waals surface area contributed by atoms with Crippen LogP contribution in [-0.2, 0) is 16.2 Å². The molecule has 1 spiro atoms. The van der Waals surface area contributed by atoms with E-state index in [0.29, 0.717) is 0 Å². The van der Waals surface area contributed by atoms with Crippen molar-refractivity contribution in [3.63, 3.8) is 0 Å². The summed E-state index contributed by atoms with van der Waals surface area (Å²) in [4.78, 5) is 7.70. The van der Waals surface area contributed by atoms with Crippen molar-refractivity contribution in [1.82, 2.24) is 0 Å². The third kappa shape index (κ3) is 8.43. The van der Waals surface area contributed by atoms with E-state index in [1.54, 1.807) is 0 Å². The number of nitrogens with zero attached hydrogens (tertiary/aromatic N) is 2. The van der Waals surface area contributed by atoms with Crippen LogP contribution in [0.5, 0.6) is 0 Å². The summed E-state index contributed by atoms with van der Waals surface area (Å²) in [5.41, 5.74) is 20.2. The van der Waals surface area contributed by atoms with Crippen LogP contribution in [0, 0.1) is 0 Å². The van der Waals surface area contributed by atoms with Crippen LogP contribution in [0.15, 0.2) is 220 Å². The number of rotatable bonds is 9. The fourth-order valence-corrected chi connectivity index (χ4v) is 16.5. The van der Waals surface area contributed by atoms with Crippen molar-refractivity contribution >= 4 is 96.7 Å². The summed E-state index contributed by atoms with van der Waals surface area (Å²) >= 11 is 0. The van der Waals surface area contributed by atoms with E-state index < -0.39 is 24.5 Å². The van der Waals surface area contributed by atoms with Gasteiger partial charge in [0.15, 0.2) is 0 Å². The summed E-state index contributed by atoms with van der Waals surface area (Å²) < 4.78 is 7.54. The maximum absolute atomic E-state index is 7.54. The van der Waals surface area contributed by atoms with Gasteiger partial charge in [0, 0.05) is 44.0 Å². The molecular formula is C73H70N2OS3. The minimum atomic E-state index is -0.979. The number of hydrogen-bond donors (Lipinski definition) is 0. The minimum absolute atomic E-state index is 0.00229. The molecule has 0 saturated carbocycles. The Morgan fingerprint density at radius 1 is 0.418 bits per heavy atom. The molecule has 2 aliphatic carbocycles. The molecule has 0 radical (unpaired) electrons. The average molecular weight is 1090 g/mol. The van der Waals surface area contributed by atoms with Crippen molar-refractivity contribution in [2.75, 3.05) is 47.3 Å². The lowest BCUT2D eigenvalue weighted by Gasteiger charge is -2.34. The van der Waals surface area contributed by atoms with Gasteiger partial charge in [-0.25, -0.2) is 10.0 Å². The Kier molecular flexibility index (Phi) is 12.0. The van der Waals surface area contributed by atoms with Crippen LogP contribution < -0.4 is 9.80 Å². The van der Waals surface area contributed by atoms with Gasteiger partial charge >= 0.3 is 0 Å². The molecule has 3 nitrogen and oxygen atoms in total. The van der Waals surface area contributed by atoms with Gasteiger partial charge < -0.3 is 14.2 Å². The van der Waals surface area contributed by atoms with Crippen LogP contribution in [-0.4, -0.2) is 37.5 Å². The van der Waals surface area contributed by atoms with Crippen LogP contribution >= 0.6 is 29.9 Å². The molecule has 0 aliphatic heterocycles. The highest BCUT2D eigenvalue weighted by molar-refractivity contribution is 8.93. The zero-order valence-corrected chi connectivity index (χ0v) is 50.1. The number of para-hydroxylation sites is 1. The van der Waals surface area contributed by atoms with Gasteiger partial charge in [0.2, 0.25) is 0 Å². The van der Waals surface area contributed by atoms with E-state index in [4.69, 9.17) is 4.42 Å². The molecule has 396 valence electrons. The topological polar surface area (TPSA) is 19.6 Å². The van der Waals surface area contributed by atoms with Crippen LogP contribution in [0.3, 0.4) is 0 Å². The number of fused-ring (bicyclic) bond motifs is 16. The zero-order valence-electron chi connectivity index (χ0n) is 47.7. The minimum Gasteiger partial charge on any atom is -0.455 e. The third-order valence-electron chi connectivity index (χ3n) is 16.4. The first kappa shape index (κ1) is 51.4. The molecule has 2 aliphatic rings. The molecule has 79 heavy (non-hydrogen) atoms. The molecule has 0 unspecified atom stereocenters. The largest absolute Gasteiger partial charge is 0.455 e. The smallest absolute Gasteiger partial charge is 0.145 e. The summed E-state index contributed by atoms with van der Waals surface area (Å²) in [5.74, 6) is 0. The first-order valence-electron chi connectivity index (χ1n) is 27.5. The first-order valence-corrected chi connectivity index (χ1v) is 34.6. The molecule has 10 aromatic carbocycles. The predicted octanol–water partition coefficient (Wildman–Crippen LogP) is 21.4. The van der Waals surface area contributed by atoms with Gasteiger partial charge in [-0.05, 0) is 200 Å². The molecule has 1 heterocycles. The van der Waals surface area contributed by atoms with Crippen LogP contribution in [0.4, 0.5) is 34.1 Å². The second-order valence-corrected chi connectivity index (χ2v) is 37.0. The second kappa shape index (κ2) is 18.5. The van der Waals surface area contributed by atoms with Crippen molar-refractivity contribution in [3.8, 4) is 22.3 Å². The Bertz CT molecular complexity index is 4080. The van der Waals surface area contributed by atoms with E-state index in [9.17, 15) is 0 Å². The predicted molar refractivity (Wildman–Crippen MR) is 349 cm³/mol. The van der Waals surface area contributed by atoms with E-state index in [1.807, 2.05) is 10.8 Å². The Balaban J connectivity index is 1.17. The Morgan fingerprint density at radius 2 is 0.848 bits per heavy atom. The van der Waals surface area contributed by atoms with E-state index >= 15 is 0 Å². The highest BCUT2D eigenvalue weighted by Gasteiger charge is 2.54. The lowest BCUT2D eigenvalue weighted by molar-refractivity contribution is 0.590. The average Bonchev–Trinajstić information content (AvgIpc) is 2.00. The summed E-state index contributed by atoms with van der Waals surface area (Å²) in [7, 11) is 0.165. The molecule has 1 aromatic heterocycles. The molecular weight excluding hydrogens is 1020 g/mol. The normalized spacial score (nSPS) is 14.1. The lowest BCUT2D eigenvalue weighted by Crippen LogP contribution is -2.26. The molecule has 13 rings (SSSR count). The Morgan fingerprint density at radius 3 is 1.37 bits per heavy atom. The fraction of sp³-hybridized carbons (Fsp3) is 0.205. The lowest BCUT2D eigenvalue weighted by atomic mass is 9.70. The van der Waals surface area contributed by atoms with Gasteiger partial charge in [-0.15, -0.1) is 0 Å². The monoisotopic (exact) mass is 1090 g/mol. The van der Waals surface area contributed by atoms with Crippen LogP contribution in [0.1, 0.15) is 74.9 Å². The van der Waals surface area contributed by atoms with Gasteiger partial charge in [0.1, 0.15) is 11.2 Å². The SMILES string of the molecule is CC(C)(C)c1ccc(N(c2ccc(SS(C)(C)C)cc2)c2cc3c(c4ccccc24)-c2c(cc(N(c4ccc(C(C)(C)C)cc4)c4ccc(S(C)(C)C)cc4)c4c2oc2ccccc24)C32c3ccccc3-c3ccccc32)cc1. The number of hydrogen-bond acceptors (Lipinski definition) is 4. The maximum Gasteiger partial charge on any atom is 0.145 e. The van der Waals surface area contributed by atoms with Crippen molar-refractivity contribution < 1.29 is 4.42 Å². The number of furan rings is 1. The van der Waals surface area contributed by atoms with Crippen LogP contribution in [0.25, 0.3) is 55.0 Å². The van der Waals surface area contributed by atoms with Gasteiger partial charge in [-0.1, -0.05) is 168 Å². The molecule has 11 aromatic rings. The molecule has 0 amide bonds. The Hall–Kier alpha value is -7.09. The van der Waals surface area contributed by atoms with Gasteiger partial charge in [-0.2, -0.15) is 9.06 Å². The standard InChI is InChI=1S/C73H70N2OS3/c1-71(2,3)47-29-33-49(34-30-47)74(51-37-41-53(42-38-51)77-79(10,11)12)64-45-62-67(58-24-14-13-23-57(58)64)69-63(73(62)60-26-18-15-21-55(60)56-22-16-19-27-61(56)73)46-65(68-59-25-17-20-28-66(59)76-70(68)69)75(50-35-31-48(32-36-50)72(4,5)6)52-39-43-54(44-40-52)78(7,8)9/h13-46H,1-12H3. The van der Waals surface area contributed by atoms with E-state index in [0.717, 1.165) is 61.6 Å². The number of benzene rings is 10. The maximum atomic E-state index is 7.54. The summed E-state index contributed by atoms with van der Waals surface area (Å²) in [5, 5.41) is 4.57. The first-order chi connectivity index (χ1) is 37.7. The molecule has 0 fully saturated rings. The second-order valence-electron chi connectivity index (χ2n) is 25.2. The van der Waals surface area contributed by atoms with Crippen molar-refractivity contribution in [1.29, 1.82) is 0 Å². The van der Waals surface area contributed by atoms with Crippen molar-refractivity contribution in [3.05, 3.63) is 240 Å². The van der Waals surface area contributed by atoms with E-state index in [-0.39, 0.29) is 10.8 Å². The molecule has 0 bridgehead atoms. The fourth-order valence-electron chi connectivity index (χ4n) is 12.7.